The van der Waals surface area contributed by atoms with Gasteiger partial charge in [0.05, 0.1) is 25.9 Å². The number of rotatable bonds is 9. The molecule has 0 saturated carbocycles. The number of methoxy groups -OCH3 is 1. The molecule has 0 radical (unpaired) electrons. The Hall–Kier alpha value is -5.17. The number of hydrogen-bond acceptors (Lipinski definition) is 7. The highest BCUT2D eigenvalue weighted by atomic mass is 19.1. The largest absolute Gasteiger partial charge is 0.497 e. The molecule has 2 heterocycles. The molecule has 0 unspecified atom stereocenters. The zero-order chi connectivity index (χ0) is 28.3. The summed E-state index contributed by atoms with van der Waals surface area (Å²) in [5.41, 5.74) is -1.54. The van der Waals surface area contributed by atoms with Crippen LogP contribution in [0.5, 0.6) is 5.75 Å². The van der Waals surface area contributed by atoms with E-state index in [0.29, 0.717) is 28.8 Å². The summed E-state index contributed by atoms with van der Waals surface area (Å²) >= 11 is 0. The summed E-state index contributed by atoms with van der Waals surface area (Å²) in [6, 6.07) is 15.9. The van der Waals surface area contributed by atoms with Crippen LogP contribution in [0.3, 0.4) is 0 Å². The molecule has 0 aliphatic heterocycles. The predicted octanol–water partition coefficient (Wildman–Crippen LogP) is 2.75. The van der Waals surface area contributed by atoms with Gasteiger partial charge in [-0.25, -0.2) is 32.5 Å². The van der Waals surface area contributed by atoms with E-state index in [-0.39, 0.29) is 18.0 Å². The van der Waals surface area contributed by atoms with E-state index in [1.807, 2.05) is 0 Å². The predicted molar refractivity (Wildman–Crippen MR) is 139 cm³/mol. The average molecular weight is 548 g/mol. The summed E-state index contributed by atoms with van der Waals surface area (Å²) in [5, 5.41) is 22.3. The van der Waals surface area contributed by atoms with E-state index < -0.39 is 29.5 Å². The van der Waals surface area contributed by atoms with Crippen LogP contribution in [0.1, 0.15) is 15.9 Å². The van der Waals surface area contributed by atoms with Crippen molar-refractivity contribution in [2.75, 3.05) is 12.4 Å². The van der Waals surface area contributed by atoms with Crippen molar-refractivity contribution >= 4 is 11.6 Å². The molecule has 1 amide bonds. The maximum Gasteiger partial charge on any atom is 0.350 e. The number of benzene rings is 3. The van der Waals surface area contributed by atoms with E-state index in [1.165, 1.54) is 35.3 Å². The molecule has 2 N–H and O–H groups in total. The Bertz CT molecular complexity index is 1700. The summed E-state index contributed by atoms with van der Waals surface area (Å²) in [6.45, 7) is -0.744. The molecule has 5 aromatic rings. The highest BCUT2D eigenvalue weighted by molar-refractivity contribution is 6.04. The number of nitrogens with one attached hydrogen (secondary N) is 1. The number of ether oxygens (including phenoxy) is 1. The van der Waals surface area contributed by atoms with Gasteiger partial charge in [-0.3, -0.25) is 4.79 Å². The zero-order valence-corrected chi connectivity index (χ0v) is 21.1. The highest BCUT2D eigenvalue weighted by Crippen LogP contribution is 2.28. The van der Waals surface area contributed by atoms with Crippen LogP contribution in [-0.4, -0.2) is 47.2 Å². The first-order valence-corrected chi connectivity index (χ1v) is 12.0. The van der Waals surface area contributed by atoms with Gasteiger partial charge in [-0.2, -0.15) is 10.2 Å². The standard InChI is InChI=1S/C27H23F2N7O4/c1-40-22-4-2-3-18(11-22)25(37)33-20-6-8-21(9-7-20)35-17-32-36(26(35)38)14-27(39,13-34-16-30-15-31-34)23-10-5-19(28)12-24(23)29/h2-12,15-17,39H,13-14H2,1H3,(H,33,37)/t27-/m0/s1. The summed E-state index contributed by atoms with van der Waals surface area (Å²) in [5.74, 6) is -1.58. The van der Waals surface area contributed by atoms with Gasteiger partial charge in [-0.15, -0.1) is 0 Å². The van der Waals surface area contributed by atoms with Crippen molar-refractivity contribution in [3.05, 3.63) is 119 Å². The number of carbonyl (C=O) groups excluding carboxylic acids is 1. The quantitative estimate of drug-likeness (QED) is 0.290. The first-order valence-electron chi connectivity index (χ1n) is 12.0. The lowest BCUT2D eigenvalue weighted by Gasteiger charge is -2.28. The number of hydrogen-bond donors (Lipinski definition) is 2. The second kappa shape index (κ2) is 10.9. The van der Waals surface area contributed by atoms with Crippen molar-refractivity contribution in [1.29, 1.82) is 0 Å². The van der Waals surface area contributed by atoms with Crippen LogP contribution in [0.25, 0.3) is 5.69 Å². The van der Waals surface area contributed by atoms with E-state index in [4.69, 9.17) is 4.74 Å². The minimum atomic E-state index is -2.03. The molecular formula is C27H23F2N7O4. The second-order valence-corrected chi connectivity index (χ2v) is 8.92. The number of nitrogens with zero attached hydrogens (tertiary/aromatic N) is 6. The van der Waals surface area contributed by atoms with E-state index in [9.17, 15) is 23.5 Å². The lowest BCUT2D eigenvalue weighted by Crippen LogP contribution is -2.41. The van der Waals surface area contributed by atoms with Crippen LogP contribution in [0.4, 0.5) is 14.5 Å². The highest BCUT2D eigenvalue weighted by Gasteiger charge is 2.35. The molecule has 0 aliphatic rings. The fraction of sp³-hybridized carbons (Fsp3) is 0.148. The number of amides is 1. The van der Waals surface area contributed by atoms with Crippen molar-refractivity contribution in [3.8, 4) is 11.4 Å². The minimum Gasteiger partial charge on any atom is -0.497 e. The van der Waals surface area contributed by atoms with E-state index in [1.54, 1.807) is 48.5 Å². The summed E-state index contributed by atoms with van der Waals surface area (Å²) in [6.07, 6.45) is 3.82. The topological polar surface area (TPSA) is 129 Å². The van der Waals surface area contributed by atoms with E-state index >= 15 is 0 Å². The van der Waals surface area contributed by atoms with Crippen molar-refractivity contribution < 1.29 is 23.4 Å². The normalized spacial score (nSPS) is 12.6. The van der Waals surface area contributed by atoms with Gasteiger partial charge in [0.2, 0.25) is 0 Å². The summed E-state index contributed by atoms with van der Waals surface area (Å²) in [4.78, 5) is 29.6. The average Bonchev–Trinajstić information content (AvgIpc) is 3.58. The molecule has 40 heavy (non-hydrogen) atoms. The molecule has 2 aromatic heterocycles. The second-order valence-electron chi connectivity index (χ2n) is 8.92. The fourth-order valence-electron chi connectivity index (χ4n) is 4.21. The molecule has 0 bridgehead atoms. The molecular weight excluding hydrogens is 524 g/mol. The zero-order valence-electron chi connectivity index (χ0n) is 21.1. The third-order valence-electron chi connectivity index (χ3n) is 6.20. The molecule has 0 spiro atoms. The van der Waals surface area contributed by atoms with Crippen molar-refractivity contribution in [1.82, 2.24) is 29.1 Å². The summed E-state index contributed by atoms with van der Waals surface area (Å²) < 4.78 is 36.9. The molecule has 11 nitrogen and oxygen atoms in total. The third-order valence-corrected chi connectivity index (χ3v) is 6.20. The van der Waals surface area contributed by atoms with Gasteiger partial charge in [-0.05, 0) is 48.5 Å². The molecule has 204 valence electrons. The van der Waals surface area contributed by atoms with Crippen LogP contribution in [0.2, 0.25) is 0 Å². The van der Waals surface area contributed by atoms with Gasteiger partial charge >= 0.3 is 5.69 Å². The molecule has 1 atom stereocenters. The van der Waals surface area contributed by atoms with Crippen molar-refractivity contribution in [2.45, 2.75) is 18.7 Å². The number of halogens is 2. The van der Waals surface area contributed by atoms with Gasteiger partial charge in [-0.1, -0.05) is 12.1 Å². The van der Waals surface area contributed by atoms with Crippen LogP contribution >= 0.6 is 0 Å². The van der Waals surface area contributed by atoms with E-state index in [0.717, 1.165) is 16.8 Å². The lowest BCUT2D eigenvalue weighted by molar-refractivity contribution is -0.00948. The Labute approximate surface area is 225 Å². The first kappa shape index (κ1) is 26.4. The molecule has 3 aromatic carbocycles. The van der Waals surface area contributed by atoms with Crippen molar-refractivity contribution in [2.24, 2.45) is 0 Å². The first-order chi connectivity index (χ1) is 19.3. The van der Waals surface area contributed by atoms with Gasteiger partial charge < -0.3 is 15.2 Å². The number of aromatic nitrogens is 6. The monoisotopic (exact) mass is 547 g/mol. The van der Waals surface area contributed by atoms with Crippen LogP contribution < -0.4 is 15.7 Å². The molecule has 0 fully saturated rings. The Morgan fingerprint density at radius 3 is 2.52 bits per heavy atom. The minimum absolute atomic E-state index is 0.234. The maximum absolute atomic E-state index is 14.7. The van der Waals surface area contributed by atoms with E-state index in [2.05, 4.69) is 20.5 Å². The van der Waals surface area contributed by atoms with Gasteiger partial charge in [0.15, 0.2) is 0 Å². The molecule has 0 aliphatic carbocycles. The number of carbonyl (C=O) groups is 1. The Kier molecular flexibility index (Phi) is 7.21. The van der Waals surface area contributed by atoms with Gasteiger partial charge in [0.1, 0.15) is 42.0 Å². The Morgan fingerprint density at radius 1 is 1.02 bits per heavy atom. The SMILES string of the molecule is COc1cccc(C(=O)Nc2ccc(-n3cnn(C[C@@](O)(Cn4cncn4)c4ccc(F)cc4F)c3=O)cc2)c1. The van der Waals surface area contributed by atoms with Crippen LogP contribution in [0, 0.1) is 11.6 Å². The molecule has 5 rings (SSSR count). The van der Waals surface area contributed by atoms with Gasteiger partial charge in [0.25, 0.3) is 5.91 Å². The number of aliphatic hydroxyl groups is 1. The van der Waals surface area contributed by atoms with Gasteiger partial charge in [0, 0.05) is 22.9 Å². The smallest absolute Gasteiger partial charge is 0.350 e. The summed E-state index contributed by atoms with van der Waals surface area (Å²) in [7, 11) is 1.51. The third kappa shape index (κ3) is 5.49. The molecule has 13 heteroatoms. The Balaban J connectivity index is 1.38. The van der Waals surface area contributed by atoms with Crippen molar-refractivity contribution in [3.63, 3.8) is 0 Å². The molecule has 0 saturated heterocycles. The Morgan fingerprint density at radius 2 is 1.82 bits per heavy atom. The maximum atomic E-state index is 14.7. The fourth-order valence-corrected chi connectivity index (χ4v) is 4.21. The van der Waals surface area contributed by atoms with Crippen LogP contribution in [-0.2, 0) is 18.7 Å². The lowest BCUT2D eigenvalue weighted by atomic mass is 9.93. The number of anilines is 1. The van der Waals surface area contributed by atoms with Crippen LogP contribution in [0.15, 0.2) is 90.5 Å².